The van der Waals surface area contributed by atoms with Gasteiger partial charge < -0.3 is 10.6 Å². The Balaban J connectivity index is 2.61. The molecule has 0 bridgehead atoms. The smallest absolute Gasteiger partial charge is 0.221 e. The van der Waals surface area contributed by atoms with Crippen molar-refractivity contribution in [3.8, 4) is 0 Å². The quantitative estimate of drug-likeness (QED) is 0.929. The van der Waals surface area contributed by atoms with Crippen LogP contribution in [0.4, 0.5) is 21.8 Å². The van der Waals surface area contributed by atoms with Gasteiger partial charge in [-0.1, -0.05) is 6.58 Å². The second-order valence-electron chi connectivity index (χ2n) is 5.18. The molecule has 0 saturated heterocycles. The summed E-state index contributed by atoms with van der Waals surface area (Å²) in [6.07, 6.45) is 1.61. The topological polar surface area (TPSA) is 55.0 Å². The van der Waals surface area contributed by atoms with E-state index >= 15 is 0 Å². The van der Waals surface area contributed by atoms with Crippen LogP contribution in [-0.4, -0.2) is 16.0 Å². The van der Waals surface area contributed by atoms with Crippen molar-refractivity contribution in [3.63, 3.8) is 0 Å². The number of nitrogen functional groups attached to an aromatic ring is 1. The predicted octanol–water partition coefficient (Wildman–Crippen LogP) is 3.78. The summed E-state index contributed by atoms with van der Waals surface area (Å²) in [5.74, 6) is 0.589. The molecular formula is C16H19FN4. The zero-order chi connectivity index (χ0) is 15.6. The summed E-state index contributed by atoms with van der Waals surface area (Å²) in [6, 6.07) is 6.54. The highest BCUT2D eigenvalue weighted by molar-refractivity contribution is 5.78. The van der Waals surface area contributed by atoms with Crippen LogP contribution >= 0.6 is 0 Å². The summed E-state index contributed by atoms with van der Waals surface area (Å²) in [6.45, 7) is 9.84. The van der Waals surface area contributed by atoms with E-state index in [9.17, 15) is 4.39 Å². The number of nitrogens with two attached hydrogens (primary N) is 1. The summed E-state index contributed by atoms with van der Waals surface area (Å²) < 4.78 is 13.5. The zero-order valence-corrected chi connectivity index (χ0v) is 12.5. The Labute approximate surface area is 124 Å². The van der Waals surface area contributed by atoms with Gasteiger partial charge in [0.1, 0.15) is 11.6 Å². The molecule has 0 fully saturated rings. The van der Waals surface area contributed by atoms with Crippen LogP contribution in [-0.2, 0) is 0 Å². The molecule has 5 heteroatoms. The van der Waals surface area contributed by atoms with E-state index in [1.165, 1.54) is 12.1 Å². The number of hydrogen-bond donors (Lipinski definition) is 1. The first kappa shape index (κ1) is 15.0. The van der Waals surface area contributed by atoms with Gasteiger partial charge in [-0.15, -0.1) is 0 Å². The minimum Gasteiger partial charge on any atom is -0.368 e. The molecule has 2 rings (SSSR count). The Bertz CT molecular complexity index is 667. The van der Waals surface area contributed by atoms with Crippen molar-refractivity contribution in [1.82, 2.24) is 9.97 Å². The van der Waals surface area contributed by atoms with Gasteiger partial charge in [-0.2, -0.15) is 4.98 Å². The number of allylic oxidation sites excluding steroid dienone is 1. The molecule has 0 radical (unpaired) electrons. The zero-order valence-electron chi connectivity index (χ0n) is 12.5. The maximum atomic E-state index is 13.5. The summed E-state index contributed by atoms with van der Waals surface area (Å²) in [4.78, 5) is 10.2. The van der Waals surface area contributed by atoms with Crippen LogP contribution in [0.1, 0.15) is 26.3 Å². The standard InChI is InChI=1S/C16H19FN4/c1-10(2)13-9-12(17)5-6-14(13)21(11(3)4)15-7-8-19-16(18)20-15/h5-9,11H,1H2,2-4H3,(H2,18,19,20). The molecule has 0 atom stereocenters. The molecule has 110 valence electrons. The Morgan fingerprint density at radius 2 is 2.05 bits per heavy atom. The highest BCUT2D eigenvalue weighted by Gasteiger charge is 2.19. The van der Waals surface area contributed by atoms with Crippen LogP contribution in [0.2, 0.25) is 0 Å². The molecule has 0 saturated carbocycles. The second-order valence-corrected chi connectivity index (χ2v) is 5.18. The molecule has 1 heterocycles. The van der Waals surface area contributed by atoms with Gasteiger partial charge in [0.05, 0.1) is 5.69 Å². The number of hydrogen-bond acceptors (Lipinski definition) is 4. The molecule has 0 aliphatic rings. The lowest BCUT2D eigenvalue weighted by Crippen LogP contribution is -2.27. The molecule has 1 aromatic carbocycles. The number of anilines is 3. The van der Waals surface area contributed by atoms with E-state index in [4.69, 9.17) is 5.73 Å². The largest absolute Gasteiger partial charge is 0.368 e. The summed E-state index contributed by atoms with van der Waals surface area (Å²) in [5.41, 5.74) is 8.05. The molecule has 0 amide bonds. The molecule has 0 aliphatic heterocycles. The van der Waals surface area contributed by atoms with Crippen LogP contribution in [0, 0.1) is 5.82 Å². The van der Waals surface area contributed by atoms with Crippen molar-refractivity contribution in [1.29, 1.82) is 0 Å². The lowest BCUT2D eigenvalue weighted by Gasteiger charge is -2.30. The van der Waals surface area contributed by atoms with Crippen LogP contribution in [0.5, 0.6) is 0 Å². The van der Waals surface area contributed by atoms with Crippen molar-refractivity contribution in [2.45, 2.75) is 26.8 Å². The number of nitrogens with zero attached hydrogens (tertiary/aromatic N) is 3. The third-order valence-electron chi connectivity index (χ3n) is 3.10. The van der Waals surface area contributed by atoms with Crippen molar-refractivity contribution < 1.29 is 4.39 Å². The fourth-order valence-corrected chi connectivity index (χ4v) is 2.22. The average Bonchev–Trinajstić information content (AvgIpc) is 2.40. The van der Waals surface area contributed by atoms with E-state index < -0.39 is 0 Å². The van der Waals surface area contributed by atoms with E-state index in [0.717, 1.165) is 16.8 Å². The fraction of sp³-hybridized carbons (Fsp3) is 0.250. The lowest BCUT2D eigenvalue weighted by molar-refractivity contribution is 0.626. The third-order valence-corrected chi connectivity index (χ3v) is 3.10. The number of benzene rings is 1. The summed E-state index contributed by atoms with van der Waals surface area (Å²) in [5, 5.41) is 0. The van der Waals surface area contributed by atoms with Crippen molar-refractivity contribution in [3.05, 3.63) is 48.4 Å². The van der Waals surface area contributed by atoms with Gasteiger partial charge in [0.2, 0.25) is 5.95 Å². The Morgan fingerprint density at radius 1 is 1.33 bits per heavy atom. The first-order valence-electron chi connectivity index (χ1n) is 6.73. The normalized spacial score (nSPS) is 10.7. The minimum absolute atomic E-state index is 0.114. The maximum absolute atomic E-state index is 13.5. The van der Waals surface area contributed by atoms with Gasteiger partial charge >= 0.3 is 0 Å². The van der Waals surface area contributed by atoms with E-state index in [0.29, 0.717) is 5.82 Å². The molecule has 4 nitrogen and oxygen atoms in total. The molecule has 2 N–H and O–H groups in total. The predicted molar refractivity (Wildman–Crippen MR) is 84.8 cm³/mol. The number of rotatable bonds is 4. The molecule has 0 spiro atoms. The number of aromatic nitrogens is 2. The maximum Gasteiger partial charge on any atom is 0.221 e. The minimum atomic E-state index is -0.289. The van der Waals surface area contributed by atoms with Crippen LogP contribution in [0.15, 0.2) is 37.0 Å². The van der Waals surface area contributed by atoms with E-state index in [1.807, 2.05) is 25.7 Å². The molecule has 2 aromatic rings. The highest BCUT2D eigenvalue weighted by Crippen LogP contribution is 2.33. The van der Waals surface area contributed by atoms with Crippen molar-refractivity contribution in [2.75, 3.05) is 10.6 Å². The Hall–Kier alpha value is -2.43. The van der Waals surface area contributed by atoms with E-state index in [1.54, 1.807) is 18.3 Å². The van der Waals surface area contributed by atoms with E-state index in [-0.39, 0.29) is 17.8 Å². The first-order chi connectivity index (χ1) is 9.90. The third kappa shape index (κ3) is 3.18. The molecule has 0 unspecified atom stereocenters. The van der Waals surface area contributed by atoms with Crippen molar-refractivity contribution in [2.24, 2.45) is 0 Å². The van der Waals surface area contributed by atoms with Crippen LogP contribution in [0.3, 0.4) is 0 Å². The monoisotopic (exact) mass is 286 g/mol. The summed E-state index contributed by atoms with van der Waals surface area (Å²) >= 11 is 0. The molecular weight excluding hydrogens is 267 g/mol. The van der Waals surface area contributed by atoms with Crippen LogP contribution < -0.4 is 10.6 Å². The highest BCUT2D eigenvalue weighted by atomic mass is 19.1. The van der Waals surface area contributed by atoms with Crippen LogP contribution in [0.25, 0.3) is 5.57 Å². The van der Waals surface area contributed by atoms with Crippen molar-refractivity contribution >= 4 is 23.0 Å². The van der Waals surface area contributed by atoms with Gasteiger partial charge in [0.15, 0.2) is 0 Å². The molecule has 1 aromatic heterocycles. The van der Waals surface area contributed by atoms with Gasteiger partial charge in [0, 0.05) is 17.8 Å². The summed E-state index contributed by atoms with van der Waals surface area (Å²) in [7, 11) is 0. The Kier molecular flexibility index (Phi) is 4.21. The SMILES string of the molecule is C=C(C)c1cc(F)ccc1N(c1ccnc(N)n1)C(C)C. The first-order valence-corrected chi connectivity index (χ1v) is 6.73. The van der Waals surface area contributed by atoms with Gasteiger partial charge in [-0.05, 0) is 50.6 Å². The average molecular weight is 286 g/mol. The van der Waals surface area contributed by atoms with Gasteiger partial charge in [-0.25, -0.2) is 9.37 Å². The number of halogens is 1. The molecule has 21 heavy (non-hydrogen) atoms. The fourth-order valence-electron chi connectivity index (χ4n) is 2.22. The second kappa shape index (κ2) is 5.91. The van der Waals surface area contributed by atoms with Gasteiger partial charge in [0.25, 0.3) is 0 Å². The Morgan fingerprint density at radius 3 is 2.62 bits per heavy atom. The molecule has 0 aliphatic carbocycles. The lowest BCUT2D eigenvalue weighted by atomic mass is 10.0. The van der Waals surface area contributed by atoms with E-state index in [2.05, 4.69) is 16.5 Å². The van der Waals surface area contributed by atoms with Gasteiger partial charge in [-0.3, -0.25) is 0 Å².